The third kappa shape index (κ3) is 12.2. The summed E-state index contributed by atoms with van der Waals surface area (Å²) in [6.07, 6.45) is 3.87. The van der Waals surface area contributed by atoms with Crippen molar-refractivity contribution in [1.29, 1.82) is 0 Å². The molecule has 5 heteroatoms. The second-order valence-electron chi connectivity index (χ2n) is 5.88. The van der Waals surface area contributed by atoms with Gasteiger partial charge in [-0.25, -0.2) is 5.01 Å². The second kappa shape index (κ2) is 18.9. The number of hydrogen-bond acceptors (Lipinski definition) is 4. The number of nitrogens with two attached hydrogens (primary N) is 1. The molecule has 1 aromatic carbocycles. The van der Waals surface area contributed by atoms with Crippen molar-refractivity contribution in [1.82, 2.24) is 15.3 Å². The van der Waals surface area contributed by atoms with E-state index >= 15 is 0 Å². The smallest absolute Gasteiger partial charge is 0.204 e. The van der Waals surface area contributed by atoms with Gasteiger partial charge >= 0.3 is 0 Å². The van der Waals surface area contributed by atoms with Crippen LogP contribution in [0.2, 0.25) is 0 Å². The van der Waals surface area contributed by atoms with Crippen LogP contribution in [0.25, 0.3) is 0 Å². The molecule has 1 aliphatic heterocycles. The van der Waals surface area contributed by atoms with E-state index in [1.54, 1.807) is 0 Å². The molecular formula is C22H42N4O. The van der Waals surface area contributed by atoms with Crippen molar-refractivity contribution in [2.75, 3.05) is 20.1 Å². The summed E-state index contributed by atoms with van der Waals surface area (Å²) >= 11 is 0. The molecule has 1 amide bonds. The van der Waals surface area contributed by atoms with Crippen LogP contribution < -0.4 is 11.1 Å². The zero-order valence-corrected chi connectivity index (χ0v) is 18.4. The number of unbranched alkanes of at least 4 members (excludes halogenated alkanes) is 1. The zero-order chi connectivity index (χ0) is 21.1. The first-order valence-corrected chi connectivity index (χ1v) is 10.1. The molecular weight excluding hydrogens is 336 g/mol. The molecule has 0 spiro atoms. The van der Waals surface area contributed by atoms with Crippen molar-refractivity contribution in [2.45, 2.75) is 67.0 Å². The first-order chi connectivity index (χ1) is 13.0. The van der Waals surface area contributed by atoms with Gasteiger partial charge in [0.25, 0.3) is 0 Å². The Kier molecular flexibility index (Phi) is 19.2. The number of carbonyl (C=O) groups is 1. The predicted octanol–water partition coefficient (Wildman–Crippen LogP) is 4.30. The van der Waals surface area contributed by atoms with Crippen LogP contribution in [0.1, 0.15) is 65.0 Å². The van der Waals surface area contributed by atoms with Crippen molar-refractivity contribution < 1.29 is 4.79 Å². The molecule has 0 bridgehead atoms. The highest BCUT2D eigenvalue weighted by atomic mass is 16.1. The van der Waals surface area contributed by atoms with Crippen LogP contribution in [0.15, 0.2) is 36.5 Å². The minimum atomic E-state index is 0.250. The third-order valence-electron chi connectivity index (χ3n) is 4.07. The Bertz CT molecular complexity index is 462. The monoisotopic (exact) mass is 378 g/mol. The quantitative estimate of drug-likeness (QED) is 0.549. The number of nitrogens with one attached hydrogen (secondary N) is 1. The van der Waals surface area contributed by atoms with E-state index in [0.29, 0.717) is 0 Å². The van der Waals surface area contributed by atoms with Gasteiger partial charge in [-0.3, -0.25) is 4.79 Å². The summed E-state index contributed by atoms with van der Waals surface area (Å²) in [5.74, 6) is 0. The van der Waals surface area contributed by atoms with Crippen LogP contribution in [0.5, 0.6) is 0 Å². The van der Waals surface area contributed by atoms with Crippen molar-refractivity contribution >= 4 is 6.41 Å². The molecule has 0 saturated heterocycles. The van der Waals surface area contributed by atoms with Crippen molar-refractivity contribution in [2.24, 2.45) is 5.73 Å². The second-order valence-corrected chi connectivity index (χ2v) is 5.88. The van der Waals surface area contributed by atoms with Crippen LogP contribution in [-0.2, 0) is 17.9 Å². The van der Waals surface area contributed by atoms with Gasteiger partial charge in [0.2, 0.25) is 6.41 Å². The molecule has 0 aliphatic carbocycles. The van der Waals surface area contributed by atoms with Crippen LogP contribution in [0.3, 0.4) is 0 Å². The Labute approximate surface area is 167 Å². The van der Waals surface area contributed by atoms with E-state index in [-0.39, 0.29) is 6.41 Å². The molecule has 1 aromatic rings. The molecule has 1 aliphatic rings. The minimum absolute atomic E-state index is 0.250. The molecule has 0 aromatic heterocycles. The molecule has 1 heterocycles. The zero-order valence-electron chi connectivity index (χ0n) is 18.4. The highest BCUT2D eigenvalue weighted by Crippen LogP contribution is 2.24. The van der Waals surface area contributed by atoms with Gasteiger partial charge in [0.1, 0.15) is 0 Å². The fraction of sp³-hybridized carbons (Fsp3) is 0.591. The van der Waals surface area contributed by atoms with Crippen molar-refractivity contribution in [3.63, 3.8) is 0 Å². The largest absolute Gasteiger partial charge is 0.372 e. The maximum absolute atomic E-state index is 8.58. The van der Waals surface area contributed by atoms with Gasteiger partial charge < -0.3 is 16.1 Å². The summed E-state index contributed by atoms with van der Waals surface area (Å²) in [7, 11) is 2.09. The highest BCUT2D eigenvalue weighted by molar-refractivity contribution is 5.42. The maximum atomic E-state index is 8.58. The van der Waals surface area contributed by atoms with Crippen LogP contribution in [0.4, 0.5) is 0 Å². The number of amides is 1. The van der Waals surface area contributed by atoms with Gasteiger partial charge in [-0.05, 0) is 37.1 Å². The lowest BCUT2D eigenvalue weighted by atomic mass is 10.1. The van der Waals surface area contributed by atoms with E-state index in [2.05, 4.69) is 79.7 Å². The minimum Gasteiger partial charge on any atom is -0.372 e. The number of allylic oxidation sites excluding steroid dienone is 1. The van der Waals surface area contributed by atoms with Gasteiger partial charge in [-0.1, -0.05) is 71.9 Å². The number of benzene rings is 1. The normalized spacial score (nSPS) is 11.5. The van der Waals surface area contributed by atoms with Crippen molar-refractivity contribution in [3.05, 3.63) is 47.7 Å². The van der Waals surface area contributed by atoms with E-state index in [1.807, 2.05) is 13.8 Å². The van der Waals surface area contributed by atoms with E-state index in [1.165, 1.54) is 36.2 Å². The summed E-state index contributed by atoms with van der Waals surface area (Å²) in [6.45, 7) is 18.9. The molecule has 0 fully saturated rings. The van der Waals surface area contributed by atoms with Crippen LogP contribution >= 0.6 is 0 Å². The number of carbonyl (C=O) groups excluding carboxylic acids is 1. The highest BCUT2D eigenvalue weighted by Gasteiger charge is 2.21. The summed E-state index contributed by atoms with van der Waals surface area (Å²) < 4.78 is 0. The lowest BCUT2D eigenvalue weighted by Crippen LogP contribution is -2.34. The van der Waals surface area contributed by atoms with Gasteiger partial charge in [0, 0.05) is 25.8 Å². The molecule has 0 radical (unpaired) electrons. The number of hydrazine groups is 1. The average molecular weight is 379 g/mol. The fourth-order valence-corrected chi connectivity index (χ4v) is 2.43. The lowest BCUT2D eigenvalue weighted by molar-refractivity contribution is -0.106. The summed E-state index contributed by atoms with van der Waals surface area (Å²) in [5, 5.41) is 7.76. The molecule has 0 saturated carbocycles. The third-order valence-corrected chi connectivity index (χ3v) is 4.07. The molecule has 156 valence electrons. The molecule has 0 unspecified atom stereocenters. The first kappa shape index (κ1) is 27.4. The maximum Gasteiger partial charge on any atom is 0.204 e. The number of primary amides is 1. The molecule has 0 atom stereocenters. The lowest BCUT2D eigenvalue weighted by Gasteiger charge is -2.30. The standard InChI is InChI=1S/C13H18N2.C6H15N.C2H6.CH3NO/c1-4-11(2)14(3)15-9-12-7-5-6-8-13(12)10-15;1-3-5-6-7-4-2;1-2;2-1-3/h5-8H,2,4,9-10H2,1,3H3;7H,3-6H2,1-2H3;1-2H3;1H,(H2,2,3). The Morgan fingerprint density at radius 1 is 1.22 bits per heavy atom. The van der Waals surface area contributed by atoms with Gasteiger partial charge in [0.05, 0.1) is 0 Å². The summed E-state index contributed by atoms with van der Waals surface area (Å²) in [5.41, 5.74) is 8.21. The number of nitrogens with zero attached hydrogens (tertiary/aromatic N) is 2. The van der Waals surface area contributed by atoms with E-state index in [0.717, 1.165) is 26.1 Å². The SMILES string of the molecule is C=C(CC)N(C)N1Cc2ccccc2C1.CC.CCCCNCC.NC=O. The predicted molar refractivity (Wildman–Crippen MR) is 118 cm³/mol. The van der Waals surface area contributed by atoms with Gasteiger partial charge in [-0.2, -0.15) is 0 Å². The van der Waals surface area contributed by atoms with Gasteiger partial charge in [-0.15, -0.1) is 0 Å². The number of hydrogen-bond donors (Lipinski definition) is 2. The van der Waals surface area contributed by atoms with Gasteiger partial charge in [0.15, 0.2) is 0 Å². The van der Waals surface area contributed by atoms with Crippen molar-refractivity contribution in [3.8, 4) is 0 Å². The molecule has 3 N–H and O–H groups in total. The van der Waals surface area contributed by atoms with E-state index in [9.17, 15) is 0 Å². The average Bonchev–Trinajstić information content (AvgIpc) is 3.14. The Morgan fingerprint density at radius 3 is 2.07 bits per heavy atom. The Hall–Kier alpha value is -1.85. The molecule has 2 rings (SSSR count). The topological polar surface area (TPSA) is 61.6 Å². The summed E-state index contributed by atoms with van der Waals surface area (Å²) in [6, 6.07) is 8.63. The number of rotatable bonds is 7. The Balaban J connectivity index is 0. The van der Waals surface area contributed by atoms with E-state index in [4.69, 9.17) is 4.79 Å². The molecule has 27 heavy (non-hydrogen) atoms. The fourth-order valence-electron chi connectivity index (χ4n) is 2.43. The number of fused-ring (bicyclic) bond motifs is 1. The summed E-state index contributed by atoms with van der Waals surface area (Å²) in [4.78, 5) is 8.58. The van der Waals surface area contributed by atoms with E-state index < -0.39 is 0 Å². The Morgan fingerprint density at radius 2 is 1.70 bits per heavy atom. The van der Waals surface area contributed by atoms with Crippen LogP contribution in [0, 0.1) is 0 Å². The van der Waals surface area contributed by atoms with Crippen LogP contribution in [-0.4, -0.2) is 36.6 Å². The molecule has 5 nitrogen and oxygen atoms in total. The first-order valence-electron chi connectivity index (χ1n) is 10.1.